The average molecular weight is 165 g/mol. The molecule has 0 spiro atoms. The van der Waals surface area contributed by atoms with Crippen LogP contribution in [0.1, 0.15) is 12.5 Å². The zero-order valence-corrected chi connectivity index (χ0v) is 6.89. The second-order valence-corrected chi connectivity index (χ2v) is 3.87. The van der Waals surface area contributed by atoms with E-state index in [1.54, 1.807) is 11.9 Å². The van der Waals surface area contributed by atoms with E-state index in [0.717, 1.165) is 0 Å². The molecule has 2 aliphatic heterocycles. The van der Waals surface area contributed by atoms with Gasteiger partial charge in [0, 0.05) is 10.5 Å². The maximum atomic E-state index is 5.36. The molecule has 0 saturated carbocycles. The molecule has 3 rings (SSSR count). The molecule has 0 N–H and O–H groups in total. The number of fused-ring (bicyclic) bond motifs is 3. The quantitative estimate of drug-likeness (QED) is 0.432. The third-order valence-electron chi connectivity index (χ3n) is 2.14. The van der Waals surface area contributed by atoms with Gasteiger partial charge in [0.1, 0.15) is 0 Å². The number of rotatable bonds is 0. The van der Waals surface area contributed by atoms with Crippen molar-refractivity contribution in [3.63, 3.8) is 0 Å². The van der Waals surface area contributed by atoms with E-state index in [-0.39, 0.29) is 5.72 Å². The SMILES string of the molecule is CC12ON1Sc1ccccc12. The van der Waals surface area contributed by atoms with E-state index in [1.807, 2.05) is 4.47 Å². The minimum absolute atomic E-state index is 0.110. The lowest BCUT2D eigenvalue weighted by atomic mass is 10.1. The number of nitrogens with zero attached hydrogens (tertiary/aromatic N) is 1. The molecule has 2 unspecified atom stereocenters. The Balaban J connectivity index is 2.24. The summed E-state index contributed by atoms with van der Waals surface area (Å²) in [5.74, 6) is 0. The monoisotopic (exact) mass is 165 g/mol. The first-order valence-corrected chi connectivity index (χ1v) is 4.35. The second kappa shape index (κ2) is 1.63. The lowest BCUT2D eigenvalue weighted by Gasteiger charge is -2.00. The first-order valence-electron chi connectivity index (χ1n) is 3.57. The van der Waals surface area contributed by atoms with Gasteiger partial charge in [-0.25, -0.2) is 0 Å². The zero-order valence-electron chi connectivity index (χ0n) is 6.07. The van der Waals surface area contributed by atoms with Crippen molar-refractivity contribution in [1.29, 1.82) is 0 Å². The minimum Gasteiger partial charge on any atom is -0.254 e. The van der Waals surface area contributed by atoms with E-state index >= 15 is 0 Å². The summed E-state index contributed by atoms with van der Waals surface area (Å²) in [6, 6.07) is 8.35. The van der Waals surface area contributed by atoms with E-state index in [1.165, 1.54) is 10.5 Å². The van der Waals surface area contributed by atoms with Crippen molar-refractivity contribution in [1.82, 2.24) is 4.47 Å². The number of hydrogen-bond acceptors (Lipinski definition) is 3. The molecule has 0 amide bonds. The molecule has 2 aliphatic rings. The molecule has 56 valence electrons. The van der Waals surface area contributed by atoms with Crippen molar-refractivity contribution in [3.05, 3.63) is 29.8 Å². The predicted molar refractivity (Wildman–Crippen MR) is 42.6 cm³/mol. The van der Waals surface area contributed by atoms with Crippen LogP contribution in [-0.4, -0.2) is 4.47 Å². The van der Waals surface area contributed by atoms with E-state index < -0.39 is 0 Å². The van der Waals surface area contributed by atoms with Gasteiger partial charge in [-0.05, 0) is 24.9 Å². The molecule has 2 nitrogen and oxygen atoms in total. The van der Waals surface area contributed by atoms with Crippen LogP contribution < -0.4 is 0 Å². The van der Waals surface area contributed by atoms with Gasteiger partial charge in [0.05, 0.1) is 0 Å². The van der Waals surface area contributed by atoms with Gasteiger partial charge in [-0.2, -0.15) is 0 Å². The lowest BCUT2D eigenvalue weighted by molar-refractivity contribution is 0.265. The van der Waals surface area contributed by atoms with E-state index in [2.05, 4.69) is 31.2 Å². The smallest absolute Gasteiger partial charge is 0.200 e. The normalized spacial score (nSPS) is 38.1. The van der Waals surface area contributed by atoms with E-state index in [0.29, 0.717) is 0 Å². The van der Waals surface area contributed by atoms with Crippen LogP contribution in [0, 0.1) is 0 Å². The maximum absolute atomic E-state index is 5.36. The van der Waals surface area contributed by atoms with Crippen LogP contribution in [0.25, 0.3) is 0 Å². The highest BCUT2D eigenvalue weighted by molar-refractivity contribution is 7.97. The van der Waals surface area contributed by atoms with Crippen LogP contribution in [0.5, 0.6) is 0 Å². The minimum atomic E-state index is -0.110. The highest BCUT2D eigenvalue weighted by atomic mass is 32.2. The Bertz CT molecular complexity index is 328. The van der Waals surface area contributed by atoms with Gasteiger partial charge < -0.3 is 0 Å². The van der Waals surface area contributed by atoms with Gasteiger partial charge in [0.25, 0.3) is 0 Å². The van der Waals surface area contributed by atoms with Crippen molar-refractivity contribution in [2.75, 3.05) is 0 Å². The van der Waals surface area contributed by atoms with Crippen molar-refractivity contribution in [2.45, 2.75) is 17.5 Å². The highest BCUT2D eigenvalue weighted by Crippen LogP contribution is 2.59. The third kappa shape index (κ3) is 0.612. The molecule has 1 aromatic rings. The van der Waals surface area contributed by atoms with Crippen molar-refractivity contribution in [2.24, 2.45) is 0 Å². The Kier molecular flexibility index (Phi) is 0.897. The van der Waals surface area contributed by atoms with Gasteiger partial charge in [0.15, 0.2) is 0 Å². The summed E-state index contributed by atoms with van der Waals surface area (Å²) < 4.78 is 1.93. The van der Waals surface area contributed by atoms with Crippen LogP contribution in [0.15, 0.2) is 29.2 Å². The summed E-state index contributed by atoms with van der Waals surface area (Å²) in [4.78, 5) is 6.68. The van der Waals surface area contributed by atoms with Crippen LogP contribution in [0.2, 0.25) is 0 Å². The summed E-state index contributed by atoms with van der Waals surface area (Å²) in [5.41, 5.74) is 1.19. The predicted octanol–water partition coefficient (Wildman–Crippen LogP) is 2.13. The summed E-state index contributed by atoms with van der Waals surface area (Å²) in [7, 11) is 0. The van der Waals surface area contributed by atoms with Gasteiger partial charge in [-0.1, -0.05) is 22.7 Å². The highest BCUT2D eigenvalue weighted by Gasteiger charge is 2.59. The molecule has 1 aromatic carbocycles. The van der Waals surface area contributed by atoms with E-state index in [9.17, 15) is 0 Å². The number of hydrogen-bond donors (Lipinski definition) is 0. The van der Waals surface area contributed by atoms with Gasteiger partial charge in [0.2, 0.25) is 5.72 Å². The Morgan fingerprint density at radius 2 is 2.27 bits per heavy atom. The van der Waals surface area contributed by atoms with Crippen molar-refractivity contribution >= 4 is 11.9 Å². The van der Waals surface area contributed by atoms with E-state index in [4.69, 9.17) is 4.84 Å². The van der Waals surface area contributed by atoms with Crippen molar-refractivity contribution in [3.8, 4) is 0 Å². The van der Waals surface area contributed by atoms with Crippen LogP contribution in [0.4, 0.5) is 0 Å². The van der Waals surface area contributed by atoms with Gasteiger partial charge >= 0.3 is 0 Å². The molecule has 2 heterocycles. The van der Waals surface area contributed by atoms with Gasteiger partial charge in [-0.15, -0.1) is 0 Å². The molecule has 0 radical (unpaired) electrons. The molecule has 1 saturated heterocycles. The Hall–Kier alpha value is -0.510. The average Bonchev–Trinajstić information content (AvgIpc) is 2.57. The molecular weight excluding hydrogens is 158 g/mol. The van der Waals surface area contributed by atoms with Crippen LogP contribution >= 0.6 is 11.9 Å². The fourth-order valence-electron chi connectivity index (χ4n) is 1.41. The fraction of sp³-hybridized carbons (Fsp3) is 0.250. The Morgan fingerprint density at radius 1 is 1.45 bits per heavy atom. The molecule has 2 atom stereocenters. The topological polar surface area (TPSA) is 15.5 Å². The number of hydroxylamine groups is 1. The Labute approximate surface area is 69.2 Å². The van der Waals surface area contributed by atoms with Gasteiger partial charge in [-0.3, -0.25) is 4.84 Å². The van der Waals surface area contributed by atoms with Crippen molar-refractivity contribution < 1.29 is 4.84 Å². The molecule has 0 bridgehead atoms. The Morgan fingerprint density at radius 3 is 3.09 bits per heavy atom. The molecule has 1 fully saturated rings. The third-order valence-corrected chi connectivity index (χ3v) is 3.29. The van der Waals surface area contributed by atoms with Crippen LogP contribution in [-0.2, 0) is 10.6 Å². The molecule has 0 aliphatic carbocycles. The summed E-state index contributed by atoms with van der Waals surface area (Å²) >= 11 is 1.68. The second-order valence-electron chi connectivity index (χ2n) is 2.92. The zero-order chi connectivity index (χ0) is 7.47. The maximum Gasteiger partial charge on any atom is 0.200 e. The summed E-state index contributed by atoms with van der Waals surface area (Å²) in [6.07, 6.45) is 0. The first kappa shape index (κ1) is 6.06. The number of benzene rings is 1. The first-order chi connectivity index (χ1) is 5.31. The molecule has 0 aromatic heterocycles. The fourth-order valence-corrected chi connectivity index (χ4v) is 2.54. The summed E-state index contributed by atoms with van der Waals surface area (Å²) in [5, 5.41) is 0. The summed E-state index contributed by atoms with van der Waals surface area (Å²) in [6.45, 7) is 2.09. The molecule has 11 heavy (non-hydrogen) atoms. The molecule has 3 heteroatoms. The standard InChI is InChI=1S/C8H7NOS/c1-8-6-4-2-3-5-7(6)11-9(8)10-8/h2-5H,1H3. The largest absolute Gasteiger partial charge is 0.254 e. The van der Waals surface area contributed by atoms with Crippen LogP contribution in [0.3, 0.4) is 0 Å². The molecular formula is C8H7NOS. The lowest BCUT2D eigenvalue weighted by Crippen LogP contribution is -2.01.